The van der Waals surface area contributed by atoms with Crippen LogP contribution >= 0.6 is 0 Å². The molecule has 4 aromatic rings. The molecule has 0 amide bonds. The second-order valence-corrected chi connectivity index (χ2v) is 7.12. The third kappa shape index (κ3) is 3.53. The largest absolute Gasteiger partial charge is 0.467 e. The molecule has 148 valence electrons. The van der Waals surface area contributed by atoms with Crippen LogP contribution in [0.15, 0.2) is 53.3 Å². The van der Waals surface area contributed by atoms with Crippen molar-refractivity contribution in [2.45, 2.75) is 25.8 Å². The zero-order valence-electron chi connectivity index (χ0n) is 15.9. The first kappa shape index (κ1) is 17.7. The topological polar surface area (TPSA) is 72.0 Å². The fourth-order valence-electron chi connectivity index (χ4n) is 3.62. The summed E-state index contributed by atoms with van der Waals surface area (Å²) in [6, 6.07) is 10.0. The van der Waals surface area contributed by atoms with Crippen LogP contribution in [0.3, 0.4) is 0 Å². The van der Waals surface area contributed by atoms with Gasteiger partial charge in [0.15, 0.2) is 5.65 Å². The van der Waals surface area contributed by atoms with Crippen LogP contribution in [0.4, 0.5) is 16.2 Å². The highest BCUT2D eigenvalue weighted by Gasteiger charge is 2.19. The van der Waals surface area contributed by atoms with E-state index < -0.39 is 0 Å². The van der Waals surface area contributed by atoms with Crippen LogP contribution in [0, 0.1) is 5.82 Å². The Morgan fingerprint density at radius 2 is 1.86 bits per heavy atom. The van der Waals surface area contributed by atoms with E-state index in [0.29, 0.717) is 24.0 Å². The summed E-state index contributed by atoms with van der Waals surface area (Å²) in [6.45, 7) is 2.39. The number of rotatable bonds is 5. The minimum Gasteiger partial charge on any atom is -0.467 e. The predicted molar refractivity (Wildman–Crippen MR) is 109 cm³/mol. The first-order valence-electron chi connectivity index (χ1n) is 9.81. The molecule has 5 rings (SSSR count). The van der Waals surface area contributed by atoms with Crippen molar-refractivity contribution in [3.63, 3.8) is 0 Å². The summed E-state index contributed by atoms with van der Waals surface area (Å²) in [5.41, 5.74) is 1.44. The SMILES string of the molecule is Fc1ccc(-n2ncc3c(NCc4ccco4)nc(N4CCCCC4)nc32)cc1. The molecule has 0 saturated carbocycles. The van der Waals surface area contributed by atoms with Gasteiger partial charge in [0.1, 0.15) is 17.4 Å². The fourth-order valence-corrected chi connectivity index (χ4v) is 3.62. The van der Waals surface area contributed by atoms with Crippen LogP contribution in [-0.4, -0.2) is 32.8 Å². The minimum atomic E-state index is -0.283. The Morgan fingerprint density at radius 1 is 1.03 bits per heavy atom. The van der Waals surface area contributed by atoms with E-state index in [1.54, 1.807) is 29.3 Å². The van der Waals surface area contributed by atoms with Gasteiger partial charge in [0.2, 0.25) is 5.95 Å². The van der Waals surface area contributed by atoms with Gasteiger partial charge in [-0.3, -0.25) is 0 Å². The molecule has 0 unspecified atom stereocenters. The van der Waals surface area contributed by atoms with E-state index in [4.69, 9.17) is 14.4 Å². The third-order valence-corrected chi connectivity index (χ3v) is 5.14. The van der Waals surface area contributed by atoms with Crippen molar-refractivity contribution < 1.29 is 8.81 Å². The highest BCUT2D eigenvalue weighted by atomic mass is 19.1. The van der Waals surface area contributed by atoms with Crippen LogP contribution < -0.4 is 10.2 Å². The standard InChI is InChI=1S/C21H21FN6O/c22-15-6-8-16(9-7-15)28-20-18(14-24-28)19(23-13-17-5-4-12-29-17)25-21(26-20)27-10-2-1-3-11-27/h4-9,12,14H,1-3,10-11,13H2,(H,23,25,26). The lowest BCUT2D eigenvalue weighted by molar-refractivity contribution is 0.518. The summed E-state index contributed by atoms with van der Waals surface area (Å²) in [6.07, 6.45) is 6.89. The van der Waals surface area contributed by atoms with Crippen molar-refractivity contribution in [1.29, 1.82) is 0 Å². The monoisotopic (exact) mass is 392 g/mol. The molecular weight excluding hydrogens is 371 g/mol. The molecule has 29 heavy (non-hydrogen) atoms. The molecule has 3 aromatic heterocycles. The van der Waals surface area contributed by atoms with Crippen molar-refractivity contribution in [1.82, 2.24) is 19.7 Å². The molecule has 0 radical (unpaired) electrons. The molecular formula is C21H21FN6O. The Labute approximate surface area is 167 Å². The molecule has 1 N–H and O–H groups in total. The number of furan rings is 1. The van der Waals surface area contributed by atoms with Crippen molar-refractivity contribution in [2.75, 3.05) is 23.3 Å². The van der Waals surface area contributed by atoms with Crippen LogP contribution in [0.25, 0.3) is 16.7 Å². The maximum absolute atomic E-state index is 13.4. The van der Waals surface area contributed by atoms with Gasteiger partial charge in [-0.05, 0) is 55.7 Å². The van der Waals surface area contributed by atoms with E-state index >= 15 is 0 Å². The molecule has 0 bridgehead atoms. The number of nitrogens with zero attached hydrogens (tertiary/aromatic N) is 5. The maximum atomic E-state index is 13.4. The molecule has 1 aromatic carbocycles. The molecule has 7 nitrogen and oxygen atoms in total. The number of fused-ring (bicyclic) bond motifs is 1. The van der Waals surface area contributed by atoms with Crippen LogP contribution in [0.2, 0.25) is 0 Å². The number of piperidine rings is 1. The summed E-state index contributed by atoms with van der Waals surface area (Å²) in [5.74, 6) is 1.93. The smallest absolute Gasteiger partial charge is 0.229 e. The molecule has 0 aliphatic carbocycles. The van der Waals surface area contributed by atoms with E-state index in [2.05, 4.69) is 15.3 Å². The molecule has 1 fully saturated rings. The summed E-state index contributed by atoms with van der Waals surface area (Å²) in [7, 11) is 0. The van der Waals surface area contributed by atoms with Crippen molar-refractivity contribution in [2.24, 2.45) is 0 Å². The molecule has 0 atom stereocenters. The average Bonchev–Trinajstić information content (AvgIpc) is 3.43. The normalized spacial score (nSPS) is 14.4. The number of hydrogen-bond acceptors (Lipinski definition) is 6. The van der Waals surface area contributed by atoms with Gasteiger partial charge in [0.25, 0.3) is 0 Å². The quantitative estimate of drug-likeness (QED) is 0.550. The number of aromatic nitrogens is 4. The molecule has 1 aliphatic rings. The number of hydrogen-bond donors (Lipinski definition) is 1. The van der Waals surface area contributed by atoms with E-state index in [1.807, 2.05) is 12.1 Å². The lowest BCUT2D eigenvalue weighted by Gasteiger charge is -2.27. The Bertz CT molecular complexity index is 1100. The fraction of sp³-hybridized carbons (Fsp3) is 0.286. The molecule has 4 heterocycles. The predicted octanol–water partition coefficient (Wildman–Crippen LogP) is 4.15. The first-order valence-corrected chi connectivity index (χ1v) is 9.81. The number of halogens is 1. The Balaban J connectivity index is 1.58. The molecule has 0 spiro atoms. The summed E-state index contributed by atoms with van der Waals surface area (Å²) < 4.78 is 20.5. The lowest BCUT2D eigenvalue weighted by Crippen LogP contribution is -2.31. The first-order chi connectivity index (χ1) is 14.3. The van der Waals surface area contributed by atoms with Crippen LogP contribution in [-0.2, 0) is 6.54 Å². The Hall–Kier alpha value is -3.42. The number of nitrogens with one attached hydrogen (secondary N) is 1. The molecule has 8 heteroatoms. The van der Waals surface area contributed by atoms with Crippen molar-refractivity contribution in [3.05, 3.63) is 60.4 Å². The number of benzene rings is 1. The van der Waals surface area contributed by atoms with Gasteiger partial charge in [-0.1, -0.05) is 0 Å². The molecule has 1 saturated heterocycles. The maximum Gasteiger partial charge on any atom is 0.229 e. The second-order valence-electron chi connectivity index (χ2n) is 7.12. The third-order valence-electron chi connectivity index (χ3n) is 5.14. The summed E-state index contributed by atoms with van der Waals surface area (Å²) in [5, 5.41) is 8.66. The second kappa shape index (κ2) is 7.54. The van der Waals surface area contributed by atoms with Gasteiger partial charge < -0.3 is 14.6 Å². The van der Waals surface area contributed by atoms with E-state index in [9.17, 15) is 4.39 Å². The van der Waals surface area contributed by atoms with E-state index in [0.717, 1.165) is 42.8 Å². The Kier molecular flexibility index (Phi) is 4.59. The van der Waals surface area contributed by atoms with Crippen molar-refractivity contribution in [3.8, 4) is 5.69 Å². The van der Waals surface area contributed by atoms with Gasteiger partial charge in [-0.15, -0.1) is 0 Å². The highest BCUT2D eigenvalue weighted by molar-refractivity contribution is 5.88. The zero-order chi connectivity index (χ0) is 19.6. The van der Waals surface area contributed by atoms with E-state index in [-0.39, 0.29) is 5.82 Å². The van der Waals surface area contributed by atoms with Crippen LogP contribution in [0.5, 0.6) is 0 Å². The van der Waals surface area contributed by atoms with Crippen molar-refractivity contribution >= 4 is 22.8 Å². The minimum absolute atomic E-state index is 0.283. The molecule has 1 aliphatic heterocycles. The highest BCUT2D eigenvalue weighted by Crippen LogP contribution is 2.27. The van der Waals surface area contributed by atoms with Gasteiger partial charge in [0.05, 0.1) is 30.1 Å². The zero-order valence-corrected chi connectivity index (χ0v) is 15.9. The van der Waals surface area contributed by atoms with Gasteiger partial charge in [-0.2, -0.15) is 15.1 Å². The van der Waals surface area contributed by atoms with Crippen LogP contribution in [0.1, 0.15) is 25.0 Å². The van der Waals surface area contributed by atoms with Gasteiger partial charge in [-0.25, -0.2) is 9.07 Å². The number of anilines is 2. The summed E-state index contributed by atoms with van der Waals surface area (Å²) >= 11 is 0. The van der Waals surface area contributed by atoms with E-state index in [1.165, 1.54) is 18.6 Å². The summed E-state index contributed by atoms with van der Waals surface area (Å²) in [4.78, 5) is 11.8. The Morgan fingerprint density at radius 3 is 2.62 bits per heavy atom. The average molecular weight is 392 g/mol. The van der Waals surface area contributed by atoms with Gasteiger partial charge in [0, 0.05) is 13.1 Å². The van der Waals surface area contributed by atoms with Gasteiger partial charge >= 0.3 is 0 Å². The lowest BCUT2D eigenvalue weighted by atomic mass is 10.1.